The number of methoxy groups -OCH3 is 1. The van der Waals surface area contributed by atoms with Crippen molar-refractivity contribution in [2.45, 2.75) is 32.7 Å². The Morgan fingerprint density at radius 2 is 1.78 bits per heavy atom. The molecule has 1 aliphatic heterocycles. The highest BCUT2D eigenvalue weighted by atomic mass is 19.1. The van der Waals surface area contributed by atoms with Crippen molar-refractivity contribution in [2.24, 2.45) is 0 Å². The SMILES string of the molecule is COc1ccc([C@H](C)NC(=O)CCC(=O)N2CCN(C(C)=O)CC2)cc1F. The van der Waals surface area contributed by atoms with Crippen molar-refractivity contribution >= 4 is 17.7 Å². The number of halogens is 1. The second kappa shape index (κ2) is 9.34. The van der Waals surface area contributed by atoms with Gasteiger partial charge in [-0.1, -0.05) is 6.07 Å². The van der Waals surface area contributed by atoms with Gasteiger partial charge in [0, 0.05) is 45.9 Å². The summed E-state index contributed by atoms with van der Waals surface area (Å²) >= 11 is 0. The number of carbonyl (C=O) groups excluding carboxylic acids is 3. The van der Waals surface area contributed by atoms with Gasteiger partial charge >= 0.3 is 0 Å². The van der Waals surface area contributed by atoms with E-state index >= 15 is 0 Å². The average molecular weight is 379 g/mol. The van der Waals surface area contributed by atoms with Gasteiger partial charge in [0.15, 0.2) is 11.6 Å². The largest absolute Gasteiger partial charge is 0.494 e. The maximum Gasteiger partial charge on any atom is 0.223 e. The van der Waals surface area contributed by atoms with Crippen LogP contribution in [0.25, 0.3) is 0 Å². The monoisotopic (exact) mass is 379 g/mol. The lowest BCUT2D eigenvalue weighted by Crippen LogP contribution is -2.50. The molecule has 7 nitrogen and oxygen atoms in total. The fourth-order valence-electron chi connectivity index (χ4n) is 3.00. The molecule has 0 spiro atoms. The van der Waals surface area contributed by atoms with E-state index in [9.17, 15) is 18.8 Å². The van der Waals surface area contributed by atoms with E-state index in [4.69, 9.17) is 4.74 Å². The second-order valence-electron chi connectivity index (χ2n) is 6.57. The molecule has 0 aliphatic carbocycles. The number of piperazine rings is 1. The average Bonchev–Trinajstić information content (AvgIpc) is 2.66. The van der Waals surface area contributed by atoms with Gasteiger partial charge in [-0.05, 0) is 24.6 Å². The van der Waals surface area contributed by atoms with Crippen LogP contribution in [0.1, 0.15) is 38.3 Å². The standard InChI is InChI=1S/C19H26FN3O4/c1-13(15-4-5-17(27-3)16(20)12-15)21-18(25)6-7-19(26)23-10-8-22(9-11-23)14(2)24/h4-5,12-13H,6-11H2,1-3H3,(H,21,25)/t13-/m0/s1. The van der Waals surface area contributed by atoms with Crippen LogP contribution in [0.15, 0.2) is 18.2 Å². The van der Waals surface area contributed by atoms with Crippen molar-refractivity contribution in [1.82, 2.24) is 15.1 Å². The zero-order valence-electron chi connectivity index (χ0n) is 16.0. The lowest BCUT2D eigenvalue weighted by atomic mass is 10.1. The third kappa shape index (κ3) is 5.67. The minimum Gasteiger partial charge on any atom is -0.494 e. The smallest absolute Gasteiger partial charge is 0.223 e. The summed E-state index contributed by atoms with van der Waals surface area (Å²) < 4.78 is 18.6. The molecular weight excluding hydrogens is 353 g/mol. The molecule has 3 amide bonds. The molecule has 0 bridgehead atoms. The fraction of sp³-hybridized carbons (Fsp3) is 0.526. The molecule has 1 aromatic rings. The highest BCUT2D eigenvalue weighted by Gasteiger charge is 2.22. The Morgan fingerprint density at radius 1 is 1.15 bits per heavy atom. The first-order chi connectivity index (χ1) is 12.8. The molecule has 2 rings (SSSR count). The second-order valence-corrected chi connectivity index (χ2v) is 6.57. The molecule has 1 N–H and O–H groups in total. The number of rotatable bonds is 6. The van der Waals surface area contributed by atoms with Crippen LogP contribution < -0.4 is 10.1 Å². The van der Waals surface area contributed by atoms with E-state index in [0.29, 0.717) is 31.7 Å². The molecule has 8 heteroatoms. The van der Waals surface area contributed by atoms with E-state index < -0.39 is 5.82 Å². The Labute approximate surface area is 158 Å². The van der Waals surface area contributed by atoms with Gasteiger partial charge in [-0.3, -0.25) is 14.4 Å². The Balaban J connectivity index is 1.78. The van der Waals surface area contributed by atoms with Crippen LogP contribution in [-0.2, 0) is 14.4 Å². The summed E-state index contributed by atoms with van der Waals surface area (Å²) in [6, 6.07) is 4.14. The normalized spacial score (nSPS) is 15.3. The third-order valence-corrected chi connectivity index (χ3v) is 4.70. The van der Waals surface area contributed by atoms with Gasteiger partial charge in [0.2, 0.25) is 17.7 Å². The molecule has 1 aromatic carbocycles. The van der Waals surface area contributed by atoms with Gasteiger partial charge in [-0.2, -0.15) is 0 Å². The molecule has 148 valence electrons. The Bertz CT molecular complexity index is 702. The number of amides is 3. The molecular formula is C19H26FN3O4. The maximum atomic E-state index is 13.8. The lowest BCUT2D eigenvalue weighted by molar-refractivity contribution is -0.139. The van der Waals surface area contributed by atoms with E-state index in [1.54, 1.807) is 22.8 Å². The van der Waals surface area contributed by atoms with Crippen molar-refractivity contribution in [3.8, 4) is 5.75 Å². The van der Waals surface area contributed by atoms with Gasteiger partial charge in [0.05, 0.1) is 13.2 Å². The first-order valence-corrected chi connectivity index (χ1v) is 8.98. The van der Waals surface area contributed by atoms with Gasteiger partial charge in [-0.25, -0.2) is 4.39 Å². The first-order valence-electron chi connectivity index (χ1n) is 8.98. The van der Waals surface area contributed by atoms with Crippen LogP contribution in [0.2, 0.25) is 0 Å². The zero-order chi connectivity index (χ0) is 20.0. The van der Waals surface area contributed by atoms with Crippen LogP contribution in [0.3, 0.4) is 0 Å². The lowest BCUT2D eigenvalue weighted by Gasteiger charge is -2.34. The van der Waals surface area contributed by atoms with Gasteiger partial charge in [-0.15, -0.1) is 0 Å². The zero-order valence-corrected chi connectivity index (χ0v) is 16.0. The van der Waals surface area contributed by atoms with Gasteiger partial charge in [0.25, 0.3) is 0 Å². The van der Waals surface area contributed by atoms with E-state index in [1.807, 2.05) is 0 Å². The van der Waals surface area contributed by atoms with Crippen LogP contribution >= 0.6 is 0 Å². The molecule has 0 aromatic heterocycles. The number of benzene rings is 1. The summed E-state index contributed by atoms with van der Waals surface area (Å²) in [7, 11) is 1.39. The molecule has 1 atom stereocenters. The number of hydrogen-bond donors (Lipinski definition) is 1. The van der Waals surface area contributed by atoms with Crippen LogP contribution in [-0.4, -0.2) is 60.8 Å². The number of hydrogen-bond acceptors (Lipinski definition) is 4. The van der Waals surface area contributed by atoms with E-state index in [-0.39, 0.29) is 42.4 Å². The van der Waals surface area contributed by atoms with Crippen LogP contribution in [0.4, 0.5) is 4.39 Å². The van der Waals surface area contributed by atoms with Crippen LogP contribution in [0.5, 0.6) is 5.75 Å². The van der Waals surface area contributed by atoms with E-state index in [1.165, 1.54) is 26.2 Å². The minimum absolute atomic E-state index is 0.00503. The fourth-order valence-corrected chi connectivity index (χ4v) is 3.00. The van der Waals surface area contributed by atoms with Gasteiger partial charge in [0.1, 0.15) is 0 Å². The molecule has 1 fully saturated rings. The Morgan fingerprint density at radius 3 is 2.33 bits per heavy atom. The van der Waals surface area contributed by atoms with Crippen molar-refractivity contribution < 1.29 is 23.5 Å². The quantitative estimate of drug-likeness (QED) is 0.812. The topological polar surface area (TPSA) is 79.0 Å². The number of ether oxygens (including phenoxy) is 1. The number of carbonyl (C=O) groups is 3. The molecule has 1 aliphatic rings. The number of nitrogens with zero attached hydrogens (tertiary/aromatic N) is 2. The number of nitrogens with one attached hydrogen (secondary N) is 1. The predicted octanol–water partition coefficient (Wildman–Crippen LogP) is 1.48. The third-order valence-electron chi connectivity index (χ3n) is 4.70. The summed E-state index contributed by atoms with van der Waals surface area (Å²) in [5, 5.41) is 2.77. The molecule has 0 saturated carbocycles. The molecule has 0 unspecified atom stereocenters. The van der Waals surface area contributed by atoms with Crippen molar-refractivity contribution in [3.63, 3.8) is 0 Å². The first kappa shape index (κ1) is 20.7. The molecule has 1 heterocycles. The summed E-state index contributed by atoms with van der Waals surface area (Å²) in [6.45, 7) is 5.28. The van der Waals surface area contributed by atoms with E-state index in [0.717, 1.165) is 0 Å². The summed E-state index contributed by atoms with van der Waals surface area (Å²) in [5.74, 6) is -0.708. The van der Waals surface area contributed by atoms with Crippen molar-refractivity contribution in [3.05, 3.63) is 29.6 Å². The summed E-state index contributed by atoms with van der Waals surface area (Å²) in [6.07, 6.45) is 0.171. The molecule has 0 radical (unpaired) electrons. The summed E-state index contributed by atoms with van der Waals surface area (Å²) in [4.78, 5) is 39.0. The highest BCUT2D eigenvalue weighted by Crippen LogP contribution is 2.21. The van der Waals surface area contributed by atoms with Crippen molar-refractivity contribution in [1.29, 1.82) is 0 Å². The summed E-state index contributed by atoms with van der Waals surface area (Å²) in [5.41, 5.74) is 0.619. The molecule has 1 saturated heterocycles. The Kier molecular flexibility index (Phi) is 7.15. The van der Waals surface area contributed by atoms with Crippen molar-refractivity contribution in [2.75, 3.05) is 33.3 Å². The highest BCUT2D eigenvalue weighted by molar-refractivity contribution is 5.84. The minimum atomic E-state index is -0.490. The Hall–Kier alpha value is -2.64. The van der Waals surface area contributed by atoms with Crippen LogP contribution in [0, 0.1) is 5.82 Å². The predicted molar refractivity (Wildman–Crippen MR) is 97.6 cm³/mol. The van der Waals surface area contributed by atoms with E-state index in [2.05, 4.69) is 5.32 Å². The van der Waals surface area contributed by atoms with Gasteiger partial charge < -0.3 is 19.9 Å². The maximum absolute atomic E-state index is 13.8. The molecule has 27 heavy (non-hydrogen) atoms.